The molecule has 0 aliphatic heterocycles. The van der Waals surface area contributed by atoms with Crippen LogP contribution in [0.25, 0.3) is 0 Å². The highest BCUT2D eigenvalue weighted by Gasteiger charge is 2.42. The second kappa shape index (κ2) is 6.18. The molecule has 5 nitrogen and oxygen atoms in total. The summed E-state index contributed by atoms with van der Waals surface area (Å²) in [4.78, 5) is 12.1. The van der Waals surface area contributed by atoms with E-state index in [4.69, 9.17) is 0 Å². The Labute approximate surface area is 126 Å². The third-order valence-electron chi connectivity index (χ3n) is 4.42. The summed E-state index contributed by atoms with van der Waals surface area (Å²) in [7, 11) is 0. The summed E-state index contributed by atoms with van der Waals surface area (Å²) in [5.74, 6) is 1.65. The van der Waals surface area contributed by atoms with Gasteiger partial charge in [-0.05, 0) is 56.9 Å². The van der Waals surface area contributed by atoms with Crippen LogP contribution >= 0.6 is 0 Å². The first-order valence-corrected chi connectivity index (χ1v) is 8.13. The second-order valence-corrected chi connectivity index (χ2v) is 6.79. The minimum Gasteiger partial charge on any atom is -0.352 e. The number of carbonyl (C=O) groups excluding carboxylic acids is 1. The zero-order chi connectivity index (χ0) is 14.8. The second-order valence-electron chi connectivity index (χ2n) is 6.79. The Balaban J connectivity index is 1.38. The zero-order valence-electron chi connectivity index (χ0n) is 13.0. The topological polar surface area (TPSA) is 59.0 Å². The smallest absolute Gasteiger partial charge is 0.234 e. The van der Waals surface area contributed by atoms with E-state index in [0.29, 0.717) is 12.6 Å². The van der Waals surface area contributed by atoms with Crippen molar-refractivity contribution < 1.29 is 4.79 Å². The van der Waals surface area contributed by atoms with E-state index in [1.807, 2.05) is 24.0 Å². The summed E-state index contributed by atoms with van der Waals surface area (Å²) < 4.78 is 1.92. The average Bonchev–Trinajstić information content (AvgIpc) is 3.34. The van der Waals surface area contributed by atoms with Crippen LogP contribution in [-0.2, 0) is 11.3 Å². The molecule has 3 rings (SSSR count). The number of aryl methyl sites for hydroxylation is 1. The molecule has 5 heteroatoms. The fraction of sp³-hybridized carbons (Fsp3) is 0.750. The normalized spacial score (nSPS) is 19.8. The first-order chi connectivity index (χ1) is 10.1. The van der Waals surface area contributed by atoms with Crippen molar-refractivity contribution in [1.82, 2.24) is 20.4 Å². The number of nitrogens with zero attached hydrogens (tertiary/aromatic N) is 2. The van der Waals surface area contributed by atoms with Crippen LogP contribution in [0.1, 0.15) is 38.2 Å². The van der Waals surface area contributed by atoms with Gasteiger partial charge in [0.05, 0.1) is 19.3 Å². The van der Waals surface area contributed by atoms with E-state index in [1.165, 1.54) is 25.7 Å². The van der Waals surface area contributed by atoms with Crippen molar-refractivity contribution in [2.75, 3.05) is 6.54 Å². The minimum atomic E-state index is 0.141. The molecule has 2 aliphatic rings. The molecule has 1 atom stereocenters. The lowest BCUT2D eigenvalue weighted by Crippen LogP contribution is -2.45. The quantitative estimate of drug-likeness (QED) is 0.762. The van der Waals surface area contributed by atoms with E-state index < -0.39 is 0 Å². The lowest BCUT2D eigenvalue weighted by atomic mass is 10.1. The van der Waals surface area contributed by atoms with Crippen molar-refractivity contribution in [3.8, 4) is 0 Å². The van der Waals surface area contributed by atoms with Gasteiger partial charge in [0.25, 0.3) is 0 Å². The van der Waals surface area contributed by atoms with Crippen LogP contribution < -0.4 is 10.6 Å². The van der Waals surface area contributed by atoms with Gasteiger partial charge in [0.2, 0.25) is 5.91 Å². The molecule has 21 heavy (non-hydrogen) atoms. The van der Waals surface area contributed by atoms with Gasteiger partial charge in [0.15, 0.2) is 0 Å². The molecule has 0 unspecified atom stereocenters. The van der Waals surface area contributed by atoms with Gasteiger partial charge >= 0.3 is 0 Å². The van der Waals surface area contributed by atoms with Gasteiger partial charge in [0.1, 0.15) is 0 Å². The van der Waals surface area contributed by atoms with Crippen molar-refractivity contribution in [2.24, 2.45) is 11.8 Å². The molecule has 0 aromatic carbocycles. The van der Waals surface area contributed by atoms with Crippen molar-refractivity contribution in [3.05, 3.63) is 18.0 Å². The SMILES string of the molecule is Cc1cnn(C[C@H](C)NCC(=O)NC(C2CC2)C2CC2)c1. The van der Waals surface area contributed by atoms with E-state index in [9.17, 15) is 4.79 Å². The molecule has 0 bridgehead atoms. The van der Waals surface area contributed by atoms with Gasteiger partial charge in [-0.1, -0.05) is 0 Å². The molecule has 0 saturated heterocycles. The van der Waals surface area contributed by atoms with Crippen LogP contribution in [0.2, 0.25) is 0 Å². The summed E-state index contributed by atoms with van der Waals surface area (Å²) in [6.45, 7) is 5.31. The molecule has 116 valence electrons. The molecule has 2 fully saturated rings. The molecule has 2 saturated carbocycles. The fourth-order valence-electron chi connectivity index (χ4n) is 2.95. The minimum absolute atomic E-state index is 0.141. The van der Waals surface area contributed by atoms with E-state index in [-0.39, 0.29) is 11.9 Å². The van der Waals surface area contributed by atoms with Gasteiger partial charge in [-0.15, -0.1) is 0 Å². The number of rotatable bonds is 8. The van der Waals surface area contributed by atoms with E-state index in [0.717, 1.165) is 23.9 Å². The van der Waals surface area contributed by atoms with Crippen LogP contribution in [0, 0.1) is 18.8 Å². The molecule has 1 heterocycles. The van der Waals surface area contributed by atoms with E-state index in [2.05, 4.69) is 22.7 Å². The monoisotopic (exact) mass is 290 g/mol. The molecule has 2 N–H and O–H groups in total. The Kier molecular flexibility index (Phi) is 4.29. The lowest BCUT2D eigenvalue weighted by molar-refractivity contribution is -0.121. The summed E-state index contributed by atoms with van der Waals surface area (Å²) in [6.07, 6.45) is 9.06. The molecule has 0 spiro atoms. The lowest BCUT2D eigenvalue weighted by Gasteiger charge is -2.19. The maximum absolute atomic E-state index is 12.1. The maximum Gasteiger partial charge on any atom is 0.234 e. The average molecular weight is 290 g/mol. The number of nitrogens with one attached hydrogen (secondary N) is 2. The van der Waals surface area contributed by atoms with Gasteiger partial charge in [0, 0.05) is 18.3 Å². The van der Waals surface area contributed by atoms with Crippen molar-refractivity contribution in [2.45, 2.75) is 58.2 Å². The van der Waals surface area contributed by atoms with E-state index >= 15 is 0 Å². The molecule has 1 aromatic heterocycles. The molecule has 0 radical (unpaired) electrons. The van der Waals surface area contributed by atoms with Gasteiger partial charge < -0.3 is 10.6 Å². The maximum atomic E-state index is 12.1. The number of hydrogen-bond acceptors (Lipinski definition) is 3. The Morgan fingerprint density at radius 2 is 2.05 bits per heavy atom. The van der Waals surface area contributed by atoms with Crippen LogP contribution in [0.4, 0.5) is 0 Å². The molecular formula is C16H26N4O. The Morgan fingerprint density at radius 3 is 2.57 bits per heavy atom. The van der Waals surface area contributed by atoms with Crippen LogP contribution in [0.5, 0.6) is 0 Å². The standard InChI is InChI=1S/C16H26N4O/c1-11-7-18-20(9-11)10-12(2)17-8-15(21)19-16(13-3-4-13)14-5-6-14/h7,9,12-14,16-17H,3-6,8,10H2,1-2H3,(H,19,21)/t12-/m0/s1. The molecule has 1 amide bonds. The summed E-state index contributed by atoms with van der Waals surface area (Å²) in [5.41, 5.74) is 1.16. The Hall–Kier alpha value is -1.36. The van der Waals surface area contributed by atoms with E-state index in [1.54, 1.807) is 0 Å². The Morgan fingerprint density at radius 1 is 1.38 bits per heavy atom. The third kappa shape index (κ3) is 4.30. The number of carbonyl (C=O) groups is 1. The van der Waals surface area contributed by atoms with Crippen LogP contribution in [0.3, 0.4) is 0 Å². The predicted molar refractivity (Wildman–Crippen MR) is 81.8 cm³/mol. The highest BCUT2D eigenvalue weighted by Crippen LogP contribution is 2.44. The number of aromatic nitrogens is 2. The highest BCUT2D eigenvalue weighted by atomic mass is 16.2. The predicted octanol–water partition coefficient (Wildman–Crippen LogP) is 1.47. The Bertz CT molecular complexity index is 478. The van der Waals surface area contributed by atoms with Gasteiger partial charge in [-0.25, -0.2) is 0 Å². The van der Waals surface area contributed by atoms with Gasteiger partial charge in [-0.2, -0.15) is 5.10 Å². The number of amides is 1. The summed E-state index contributed by atoms with van der Waals surface area (Å²) >= 11 is 0. The third-order valence-corrected chi connectivity index (χ3v) is 4.42. The largest absolute Gasteiger partial charge is 0.352 e. The summed E-state index contributed by atoms with van der Waals surface area (Å²) in [5, 5.41) is 10.8. The van der Waals surface area contributed by atoms with Gasteiger partial charge in [-0.3, -0.25) is 9.48 Å². The highest BCUT2D eigenvalue weighted by molar-refractivity contribution is 5.78. The van der Waals surface area contributed by atoms with Crippen LogP contribution in [-0.4, -0.2) is 34.3 Å². The zero-order valence-corrected chi connectivity index (χ0v) is 13.0. The summed E-state index contributed by atoms with van der Waals surface area (Å²) in [6, 6.07) is 0.679. The number of hydrogen-bond donors (Lipinski definition) is 2. The first kappa shape index (κ1) is 14.6. The van der Waals surface area contributed by atoms with Crippen molar-refractivity contribution in [1.29, 1.82) is 0 Å². The molecular weight excluding hydrogens is 264 g/mol. The first-order valence-electron chi connectivity index (χ1n) is 8.13. The molecule has 1 aromatic rings. The van der Waals surface area contributed by atoms with Crippen molar-refractivity contribution in [3.63, 3.8) is 0 Å². The fourth-order valence-corrected chi connectivity index (χ4v) is 2.95. The van der Waals surface area contributed by atoms with Crippen molar-refractivity contribution >= 4 is 5.91 Å². The molecule has 2 aliphatic carbocycles. The van der Waals surface area contributed by atoms with Crippen LogP contribution in [0.15, 0.2) is 12.4 Å².